The van der Waals surface area contributed by atoms with E-state index in [1.54, 1.807) is 6.92 Å². The molecule has 0 saturated carbocycles. The molecule has 0 aromatic heterocycles. The molecule has 1 amide bonds. The molecule has 0 spiro atoms. The third kappa shape index (κ3) is 4.44. The topological polar surface area (TPSA) is 49.3 Å². The van der Waals surface area contributed by atoms with Crippen molar-refractivity contribution in [3.63, 3.8) is 0 Å². The molecule has 0 saturated heterocycles. The minimum atomic E-state index is -0.145. The van der Waals surface area contributed by atoms with Crippen molar-refractivity contribution < 1.29 is 14.4 Å². The van der Waals surface area contributed by atoms with Gasteiger partial charge in [-0.05, 0) is 13.3 Å². The predicted molar refractivity (Wildman–Crippen MR) is 60.8 cm³/mol. The van der Waals surface area contributed by atoms with E-state index in [2.05, 4.69) is 18.8 Å². The van der Waals surface area contributed by atoms with E-state index in [9.17, 15) is 9.90 Å². The largest absolute Gasteiger partial charge is 0.347 e. The second-order valence-corrected chi connectivity index (χ2v) is 4.48. The van der Waals surface area contributed by atoms with Gasteiger partial charge in [-0.3, -0.25) is 9.28 Å². The van der Waals surface area contributed by atoms with Crippen molar-refractivity contribution >= 4 is 5.91 Å². The Morgan fingerprint density at radius 2 is 2.07 bits per heavy atom. The fourth-order valence-electron chi connectivity index (χ4n) is 1.24. The third-order valence-electron chi connectivity index (χ3n) is 2.46. The van der Waals surface area contributed by atoms with Gasteiger partial charge in [0.2, 0.25) is 0 Å². The first-order chi connectivity index (χ1) is 6.85. The lowest BCUT2D eigenvalue weighted by Gasteiger charge is -2.36. The van der Waals surface area contributed by atoms with E-state index in [-0.39, 0.29) is 18.8 Å². The fourth-order valence-corrected chi connectivity index (χ4v) is 1.24. The lowest BCUT2D eigenvalue weighted by atomic mass is 10.2. The van der Waals surface area contributed by atoms with E-state index in [0.717, 1.165) is 12.8 Å². The summed E-state index contributed by atoms with van der Waals surface area (Å²) in [5.74, 6) is -0.145. The average molecular weight is 215 g/mol. The zero-order valence-corrected chi connectivity index (χ0v) is 10.2. The van der Waals surface area contributed by atoms with E-state index in [0.29, 0.717) is 10.1 Å². The lowest BCUT2D eigenvalue weighted by molar-refractivity contribution is -0.934. The van der Waals surface area contributed by atoms with Crippen LogP contribution in [0.4, 0.5) is 0 Å². The van der Waals surface area contributed by atoms with Gasteiger partial charge in [0.05, 0.1) is 14.1 Å². The van der Waals surface area contributed by atoms with Crippen LogP contribution in [-0.2, 0) is 4.79 Å². The molecule has 4 nitrogen and oxygen atoms in total. The molecule has 1 unspecified atom stereocenters. The summed E-state index contributed by atoms with van der Waals surface area (Å²) in [4.78, 5) is 11.5. The molecule has 0 bridgehead atoms. The molecule has 0 aliphatic rings. The number of rotatable bonds is 6. The summed E-state index contributed by atoms with van der Waals surface area (Å²) in [5.41, 5.74) is 0.494. The van der Waals surface area contributed by atoms with Crippen molar-refractivity contribution in [3.8, 4) is 0 Å². The van der Waals surface area contributed by atoms with E-state index in [1.807, 2.05) is 14.1 Å². The van der Waals surface area contributed by atoms with Crippen LogP contribution in [0.1, 0.15) is 26.7 Å². The smallest absolute Gasteiger partial charge is 0.250 e. The van der Waals surface area contributed by atoms with Crippen molar-refractivity contribution in [1.29, 1.82) is 0 Å². The number of nitrogens with zero attached hydrogens (tertiary/aromatic N) is 1. The third-order valence-corrected chi connectivity index (χ3v) is 2.46. The van der Waals surface area contributed by atoms with Gasteiger partial charge in [0, 0.05) is 12.0 Å². The number of carbonyl (C=O) groups is 1. The normalized spacial score (nSPS) is 13.4. The Balaban J connectivity index is 4.54. The molecule has 1 atom stereocenters. The standard InChI is InChI=1S/C11H22N2O2/c1-6-7-10(13(4,5)8-14)12-11(15)9(2)3/h10,14H,2,6-8H2,1,3-5H3/p+1. The van der Waals surface area contributed by atoms with E-state index >= 15 is 0 Å². The first kappa shape index (κ1) is 14.1. The Bertz CT molecular complexity index is 237. The van der Waals surface area contributed by atoms with E-state index < -0.39 is 0 Å². The summed E-state index contributed by atoms with van der Waals surface area (Å²) in [6.45, 7) is 7.33. The van der Waals surface area contributed by atoms with E-state index in [4.69, 9.17) is 0 Å². The molecule has 0 aromatic carbocycles. The zero-order valence-electron chi connectivity index (χ0n) is 10.2. The second kappa shape index (κ2) is 5.88. The van der Waals surface area contributed by atoms with Crippen molar-refractivity contribution in [3.05, 3.63) is 12.2 Å². The fraction of sp³-hybridized carbons (Fsp3) is 0.727. The molecule has 2 N–H and O–H groups in total. The van der Waals surface area contributed by atoms with Gasteiger partial charge >= 0.3 is 0 Å². The summed E-state index contributed by atoms with van der Waals surface area (Å²) in [7, 11) is 3.78. The minimum absolute atomic E-state index is 0.00113. The Kier molecular flexibility index (Phi) is 5.54. The van der Waals surface area contributed by atoms with Gasteiger partial charge in [0.25, 0.3) is 5.91 Å². The van der Waals surface area contributed by atoms with E-state index in [1.165, 1.54) is 0 Å². The predicted octanol–water partition coefficient (Wildman–Crippen LogP) is 0.831. The van der Waals surface area contributed by atoms with Crippen molar-refractivity contribution in [2.45, 2.75) is 32.9 Å². The number of quaternary nitrogens is 1. The average Bonchev–Trinajstić information content (AvgIpc) is 2.16. The van der Waals surface area contributed by atoms with Crippen LogP contribution in [0.25, 0.3) is 0 Å². The maximum absolute atomic E-state index is 11.5. The van der Waals surface area contributed by atoms with Crippen LogP contribution in [0.15, 0.2) is 12.2 Å². The molecule has 0 fully saturated rings. The molecule has 0 heterocycles. The Morgan fingerprint density at radius 3 is 2.40 bits per heavy atom. The van der Waals surface area contributed by atoms with Gasteiger partial charge < -0.3 is 10.4 Å². The Labute approximate surface area is 92.2 Å². The molecule has 0 aromatic rings. The molecule has 4 heteroatoms. The Morgan fingerprint density at radius 1 is 1.53 bits per heavy atom. The SMILES string of the molecule is C=C(C)C(=O)NC(CCC)[N+](C)(C)CO. The van der Waals surface area contributed by atoms with Crippen LogP contribution >= 0.6 is 0 Å². The van der Waals surface area contributed by atoms with Crippen LogP contribution in [0, 0.1) is 0 Å². The van der Waals surface area contributed by atoms with Crippen molar-refractivity contribution in [2.24, 2.45) is 0 Å². The number of hydrogen-bond donors (Lipinski definition) is 2. The molecule has 0 rings (SSSR count). The summed E-state index contributed by atoms with van der Waals surface area (Å²) in [6.07, 6.45) is 1.74. The van der Waals surface area contributed by atoms with Crippen molar-refractivity contribution in [1.82, 2.24) is 5.32 Å². The highest BCUT2D eigenvalue weighted by Gasteiger charge is 2.28. The number of nitrogens with one attached hydrogen (secondary N) is 1. The van der Waals surface area contributed by atoms with Gasteiger partial charge in [-0.25, -0.2) is 0 Å². The molecule has 0 aliphatic carbocycles. The summed E-state index contributed by atoms with van der Waals surface area (Å²) >= 11 is 0. The quantitative estimate of drug-likeness (QED) is 0.392. The number of aliphatic hydroxyl groups excluding tert-OH is 1. The van der Waals surface area contributed by atoms with Gasteiger partial charge in [-0.15, -0.1) is 0 Å². The summed E-state index contributed by atoms with van der Waals surface area (Å²) in [5, 5.41) is 12.1. The molecule has 0 aliphatic heterocycles. The van der Waals surface area contributed by atoms with Gasteiger partial charge in [-0.1, -0.05) is 13.5 Å². The number of hydrogen-bond acceptors (Lipinski definition) is 2. The molecular weight excluding hydrogens is 192 g/mol. The van der Waals surface area contributed by atoms with Crippen LogP contribution in [0.3, 0.4) is 0 Å². The minimum Gasteiger partial charge on any atom is -0.347 e. The number of aliphatic hydroxyl groups is 1. The van der Waals surface area contributed by atoms with Gasteiger partial charge in [0.1, 0.15) is 0 Å². The molecule has 88 valence electrons. The van der Waals surface area contributed by atoms with Gasteiger partial charge in [0.15, 0.2) is 12.9 Å². The first-order valence-corrected chi connectivity index (χ1v) is 5.25. The lowest BCUT2D eigenvalue weighted by Crippen LogP contribution is -2.58. The maximum Gasteiger partial charge on any atom is 0.250 e. The Hall–Kier alpha value is -0.870. The van der Waals surface area contributed by atoms with Crippen LogP contribution in [0.2, 0.25) is 0 Å². The first-order valence-electron chi connectivity index (χ1n) is 5.25. The van der Waals surface area contributed by atoms with Crippen LogP contribution < -0.4 is 5.32 Å². The zero-order chi connectivity index (χ0) is 12.1. The summed E-state index contributed by atoms with van der Waals surface area (Å²) in [6, 6.07) is 0. The molecular formula is C11H23N2O2+. The number of amides is 1. The van der Waals surface area contributed by atoms with Gasteiger partial charge in [-0.2, -0.15) is 0 Å². The summed E-state index contributed by atoms with van der Waals surface area (Å²) < 4.78 is 0.368. The maximum atomic E-state index is 11.5. The monoisotopic (exact) mass is 215 g/mol. The highest BCUT2D eigenvalue weighted by atomic mass is 16.3. The molecule has 0 radical (unpaired) electrons. The molecule has 15 heavy (non-hydrogen) atoms. The van der Waals surface area contributed by atoms with Crippen molar-refractivity contribution in [2.75, 3.05) is 20.8 Å². The highest BCUT2D eigenvalue weighted by molar-refractivity contribution is 5.92. The van der Waals surface area contributed by atoms with Crippen LogP contribution in [-0.4, -0.2) is 42.5 Å². The number of carbonyl (C=O) groups excluding carboxylic acids is 1. The van der Waals surface area contributed by atoms with Crippen LogP contribution in [0.5, 0.6) is 0 Å². The second-order valence-electron chi connectivity index (χ2n) is 4.48. The highest BCUT2D eigenvalue weighted by Crippen LogP contribution is 2.09.